The smallest absolute Gasteiger partial charge is 0.409 e. The summed E-state index contributed by atoms with van der Waals surface area (Å²) < 4.78 is 4.99. The normalized spacial score (nSPS) is 17.1. The fraction of sp³-hybridized carbons (Fsp3) is 0.583. The summed E-state index contributed by atoms with van der Waals surface area (Å²) in [4.78, 5) is 15.7. The van der Waals surface area contributed by atoms with Crippen molar-refractivity contribution in [3.63, 3.8) is 0 Å². The lowest BCUT2D eigenvalue weighted by Gasteiger charge is -2.33. The van der Waals surface area contributed by atoms with Crippen LogP contribution in [0.4, 0.5) is 4.79 Å². The van der Waals surface area contributed by atoms with Crippen LogP contribution in [0, 0.1) is 0 Å². The van der Waals surface area contributed by atoms with Gasteiger partial charge < -0.3 is 9.64 Å². The molecule has 4 nitrogen and oxygen atoms in total. The summed E-state index contributed by atoms with van der Waals surface area (Å²) in [5.74, 6) is 0. The Kier molecular flexibility index (Phi) is 4.39. The van der Waals surface area contributed by atoms with Crippen LogP contribution in [-0.2, 0) is 11.3 Å². The van der Waals surface area contributed by atoms with E-state index in [1.807, 2.05) is 6.92 Å². The zero-order valence-corrected chi connectivity index (χ0v) is 10.9. The predicted octanol–water partition coefficient (Wildman–Crippen LogP) is 2.02. The van der Waals surface area contributed by atoms with Gasteiger partial charge >= 0.3 is 6.09 Å². The third kappa shape index (κ3) is 3.44. The van der Waals surface area contributed by atoms with E-state index in [4.69, 9.17) is 4.74 Å². The monoisotopic (exact) mass is 254 g/mol. The Hall–Kier alpha value is -1.07. The Balaban J connectivity index is 1.76. The van der Waals surface area contributed by atoms with E-state index in [9.17, 15) is 4.79 Å². The standard InChI is InChI=1S/C12H18N2O2S/c1-2-16-12(15)14-6-4-13(5-7-14)9-11-3-8-17-10-11/h3,8,10H,2,4-7,9H2,1H3. The van der Waals surface area contributed by atoms with Crippen LogP contribution in [0.15, 0.2) is 16.8 Å². The van der Waals surface area contributed by atoms with E-state index in [1.54, 1.807) is 16.2 Å². The molecule has 1 aliphatic heterocycles. The maximum Gasteiger partial charge on any atom is 0.409 e. The van der Waals surface area contributed by atoms with E-state index in [-0.39, 0.29) is 6.09 Å². The first-order valence-corrected chi connectivity index (χ1v) is 6.89. The first-order valence-electron chi connectivity index (χ1n) is 5.94. The Labute approximate surface area is 106 Å². The number of carbonyl (C=O) groups excluding carboxylic acids is 1. The molecule has 1 aliphatic rings. The Morgan fingerprint density at radius 3 is 2.76 bits per heavy atom. The molecule has 0 unspecified atom stereocenters. The summed E-state index contributed by atoms with van der Waals surface area (Å²) >= 11 is 1.73. The highest BCUT2D eigenvalue weighted by molar-refractivity contribution is 7.07. The second kappa shape index (κ2) is 6.02. The second-order valence-electron chi connectivity index (χ2n) is 4.09. The van der Waals surface area contributed by atoms with Gasteiger partial charge in [-0.2, -0.15) is 11.3 Å². The number of nitrogens with zero attached hydrogens (tertiary/aromatic N) is 2. The van der Waals surface area contributed by atoms with Crippen molar-refractivity contribution in [1.29, 1.82) is 0 Å². The second-order valence-corrected chi connectivity index (χ2v) is 4.87. The van der Waals surface area contributed by atoms with Crippen molar-refractivity contribution in [3.05, 3.63) is 22.4 Å². The number of ether oxygens (including phenoxy) is 1. The first kappa shape index (κ1) is 12.4. The van der Waals surface area contributed by atoms with Gasteiger partial charge in [0.05, 0.1) is 6.61 Å². The highest BCUT2D eigenvalue weighted by Gasteiger charge is 2.21. The van der Waals surface area contributed by atoms with Crippen LogP contribution in [0.25, 0.3) is 0 Å². The fourth-order valence-corrected chi connectivity index (χ4v) is 2.60. The summed E-state index contributed by atoms with van der Waals surface area (Å²) in [6.45, 7) is 6.66. The van der Waals surface area contributed by atoms with Gasteiger partial charge in [-0.25, -0.2) is 4.79 Å². The minimum atomic E-state index is -0.178. The minimum absolute atomic E-state index is 0.178. The average molecular weight is 254 g/mol. The van der Waals surface area contributed by atoms with Crippen LogP contribution >= 0.6 is 11.3 Å². The van der Waals surface area contributed by atoms with E-state index in [0.29, 0.717) is 6.61 Å². The van der Waals surface area contributed by atoms with Gasteiger partial charge in [-0.05, 0) is 29.3 Å². The molecule has 0 aromatic carbocycles. The highest BCUT2D eigenvalue weighted by atomic mass is 32.1. The molecule has 94 valence electrons. The number of carbonyl (C=O) groups is 1. The molecule has 0 radical (unpaired) electrons. The molecule has 2 heterocycles. The fourth-order valence-electron chi connectivity index (χ4n) is 1.94. The van der Waals surface area contributed by atoms with E-state index >= 15 is 0 Å². The molecule has 1 saturated heterocycles. The molecule has 5 heteroatoms. The summed E-state index contributed by atoms with van der Waals surface area (Å²) in [5.41, 5.74) is 1.36. The number of thiophene rings is 1. The lowest BCUT2D eigenvalue weighted by atomic mass is 10.2. The molecule has 0 N–H and O–H groups in total. The number of amides is 1. The molecular formula is C12H18N2O2S. The third-order valence-corrected chi connectivity index (χ3v) is 3.62. The minimum Gasteiger partial charge on any atom is -0.450 e. The number of rotatable bonds is 3. The van der Waals surface area contributed by atoms with Crippen LogP contribution in [0.2, 0.25) is 0 Å². The van der Waals surface area contributed by atoms with Crippen LogP contribution in [0.5, 0.6) is 0 Å². The molecule has 0 atom stereocenters. The molecule has 1 amide bonds. The van der Waals surface area contributed by atoms with Gasteiger partial charge in [-0.3, -0.25) is 4.90 Å². The molecule has 0 spiro atoms. The van der Waals surface area contributed by atoms with E-state index in [0.717, 1.165) is 32.7 Å². The van der Waals surface area contributed by atoms with Crippen molar-refractivity contribution < 1.29 is 9.53 Å². The quantitative estimate of drug-likeness (QED) is 0.827. The van der Waals surface area contributed by atoms with Crippen molar-refractivity contribution in [1.82, 2.24) is 9.80 Å². The third-order valence-electron chi connectivity index (χ3n) is 2.88. The van der Waals surface area contributed by atoms with Crippen LogP contribution in [0.1, 0.15) is 12.5 Å². The summed E-state index contributed by atoms with van der Waals surface area (Å²) in [6, 6.07) is 2.16. The Morgan fingerprint density at radius 2 is 2.18 bits per heavy atom. The van der Waals surface area contributed by atoms with E-state index in [2.05, 4.69) is 21.7 Å². The van der Waals surface area contributed by atoms with E-state index < -0.39 is 0 Å². The molecule has 0 saturated carbocycles. The lowest BCUT2D eigenvalue weighted by Crippen LogP contribution is -2.48. The molecule has 2 rings (SSSR count). The lowest BCUT2D eigenvalue weighted by molar-refractivity contribution is 0.0779. The van der Waals surface area contributed by atoms with Gasteiger partial charge in [0.15, 0.2) is 0 Å². The molecule has 0 aliphatic carbocycles. The molecule has 0 bridgehead atoms. The molecule has 1 fully saturated rings. The maximum atomic E-state index is 11.5. The Morgan fingerprint density at radius 1 is 1.41 bits per heavy atom. The number of piperazine rings is 1. The van der Waals surface area contributed by atoms with Crippen LogP contribution < -0.4 is 0 Å². The van der Waals surface area contributed by atoms with Gasteiger partial charge in [0.2, 0.25) is 0 Å². The van der Waals surface area contributed by atoms with Crippen molar-refractivity contribution in [2.75, 3.05) is 32.8 Å². The summed E-state index contributed by atoms with van der Waals surface area (Å²) in [6.07, 6.45) is -0.178. The number of hydrogen-bond acceptors (Lipinski definition) is 4. The van der Waals surface area contributed by atoms with Crippen molar-refractivity contribution in [2.45, 2.75) is 13.5 Å². The van der Waals surface area contributed by atoms with Crippen molar-refractivity contribution in [2.24, 2.45) is 0 Å². The topological polar surface area (TPSA) is 32.8 Å². The molecule has 1 aromatic heterocycles. The predicted molar refractivity (Wildman–Crippen MR) is 68.2 cm³/mol. The highest BCUT2D eigenvalue weighted by Crippen LogP contribution is 2.11. The first-order chi connectivity index (χ1) is 8.29. The Bertz CT molecular complexity index is 345. The van der Waals surface area contributed by atoms with Crippen molar-refractivity contribution in [3.8, 4) is 0 Å². The van der Waals surface area contributed by atoms with Gasteiger partial charge in [0, 0.05) is 32.7 Å². The molecule has 17 heavy (non-hydrogen) atoms. The van der Waals surface area contributed by atoms with Crippen LogP contribution in [0.3, 0.4) is 0 Å². The maximum absolute atomic E-state index is 11.5. The van der Waals surface area contributed by atoms with Gasteiger partial charge in [-0.1, -0.05) is 0 Å². The SMILES string of the molecule is CCOC(=O)N1CCN(Cc2ccsc2)CC1. The molecular weight excluding hydrogens is 236 g/mol. The van der Waals surface area contributed by atoms with Gasteiger partial charge in [0.25, 0.3) is 0 Å². The van der Waals surface area contributed by atoms with Crippen molar-refractivity contribution >= 4 is 17.4 Å². The van der Waals surface area contributed by atoms with Gasteiger partial charge in [0.1, 0.15) is 0 Å². The number of hydrogen-bond donors (Lipinski definition) is 0. The largest absolute Gasteiger partial charge is 0.450 e. The van der Waals surface area contributed by atoms with Gasteiger partial charge in [-0.15, -0.1) is 0 Å². The summed E-state index contributed by atoms with van der Waals surface area (Å²) in [7, 11) is 0. The zero-order chi connectivity index (χ0) is 12.1. The zero-order valence-electron chi connectivity index (χ0n) is 10.1. The van der Waals surface area contributed by atoms with E-state index in [1.165, 1.54) is 5.56 Å². The summed E-state index contributed by atoms with van der Waals surface area (Å²) in [5, 5.41) is 4.28. The average Bonchev–Trinajstić information content (AvgIpc) is 2.83. The van der Waals surface area contributed by atoms with Crippen LogP contribution in [-0.4, -0.2) is 48.7 Å². The molecule has 1 aromatic rings.